The molecule has 1 rings (SSSR count). The maximum atomic E-state index is 11.6. The van der Waals surface area contributed by atoms with E-state index >= 15 is 0 Å². The van der Waals surface area contributed by atoms with Gasteiger partial charge in [0.05, 0.1) is 12.7 Å². The average molecular weight is 241 g/mol. The summed E-state index contributed by atoms with van der Waals surface area (Å²) in [4.78, 5) is 11.6. The van der Waals surface area contributed by atoms with Gasteiger partial charge in [-0.05, 0) is 31.9 Å². The SMILES string of the molecule is COCC(O)CCNC(=O)c1cc(C)c(C)o1. The standard InChI is InChI=1S/C12H19NO4/c1-8-6-11(17-9(8)2)12(15)13-5-4-10(14)7-16-3/h6,10,14H,4-5,7H2,1-3H3,(H,13,15). The fourth-order valence-corrected chi connectivity index (χ4v) is 1.40. The molecular formula is C12H19NO4. The van der Waals surface area contributed by atoms with Crippen LogP contribution in [0.15, 0.2) is 10.5 Å². The van der Waals surface area contributed by atoms with Gasteiger partial charge in [0.1, 0.15) is 5.76 Å². The summed E-state index contributed by atoms with van der Waals surface area (Å²) in [7, 11) is 1.52. The van der Waals surface area contributed by atoms with E-state index in [1.54, 1.807) is 6.07 Å². The summed E-state index contributed by atoms with van der Waals surface area (Å²) in [5.74, 6) is 0.793. The van der Waals surface area contributed by atoms with Crippen LogP contribution >= 0.6 is 0 Å². The van der Waals surface area contributed by atoms with E-state index in [4.69, 9.17) is 9.15 Å². The number of aliphatic hydroxyl groups is 1. The quantitative estimate of drug-likeness (QED) is 0.780. The maximum Gasteiger partial charge on any atom is 0.287 e. The number of ether oxygens (including phenoxy) is 1. The van der Waals surface area contributed by atoms with Gasteiger partial charge in [0.25, 0.3) is 5.91 Å². The lowest BCUT2D eigenvalue weighted by molar-refractivity contribution is 0.0586. The van der Waals surface area contributed by atoms with Crippen molar-refractivity contribution >= 4 is 5.91 Å². The Balaban J connectivity index is 2.35. The summed E-state index contributed by atoms with van der Waals surface area (Å²) in [5, 5.41) is 12.1. The number of furan rings is 1. The molecule has 0 fully saturated rings. The normalized spacial score (nSPS) is 12.5. The molecule has 1 aromatic rings. The minimum atomic E-state index is -0.555. The van der Waals surface area contributed by atoms with Crippen LogP contribution in [0.25, 0.3) is 0 Å². The highest BCUT2D eigenvalue weighted by Crippen LogP contribution is 2.12. The van der Waals surface area contributed by atoms with Gasteiger partial charge in [0.2, 0.25) is 0 Å². The molecule has 0 radical (unpaired) electrons. The summed E-state index contributed by atoms with van der Waals surface area (Å²) in [6.07, 6.45) is -0.0986. The summed E-state index contributed by atoms with van der Waals surface area (Å²) >= 11 is 0. The van der Waals surface area contributed by atoms with Crippen LogP contribution in [0.4, 0.5) is 0 Å². The van der Waals surface area contributed by atoms with Crippen molar-refractivity contribution in [2.75, 3.05) is 20.3 Å². The van der Waals surface area contributed by atoms with Crippen LogP contribution in [0.1, 0.15) is 28.3 Å². The molecule has 1 amide bonds. The van der Waals surface area contributed by atoms with Crippen molar-refractivity contribution < 1.29 is 19.1 Å². The van der Waals surface area contributed by atoms with Crippen LogP contribution in [-0.4, -0.2) is 37.4 Å². The molecular weight excluding hydrogens is 222 g/mol. The molecule has 1 heterocycles. The van der Waals surface area contributed by atoms with Gasteiger partial charge in [-0.15, -0.1) is 0 Å². The minimum absolute atomic E-state index is 0.259. The van der Waals surface area contributed by atoms with E-state index < -0.39 is 6.10 Å². The predicted molar refractivity (Wildman–Crippen MR) is 63.0 cm³/mol. The Kier molecular flexibility index (Phi) is 5.18. The number of rotatable bonds is 6. The predicted octanol–water partition coefficient (Wildman–Crippen LogP) is 1.02. The van der Waals surface area contributed by atoms with Gasteiger partial charge in [-0.2, -0.15) is 0 Å². The zero-order valence-corrected chi connectivity index (χ0v) is 10.4. The van der Waals surface area contributed by atoms with Crippen molar-refractivity contribution in [3.05, 3.63) is 23.2 Å². The number of carbonyl (C=O) groups excluding carboxylic acids is 1. The number of aryl methyl sites for hydroxylation is 2. The molecule has 5 nitrogen and oxygen atoms in total. The summed E-state index contributed by atoms with van der Waals surface area (Å²) in [5.41, 5.74) is 0.953. The van der Waals surface area contributed by atoms with Crippen LogP contribution < -0.4 is 5.32 Å². The maximum absolute atomic E-state index is 11.6. The first-order chi connectivity index (χ1) is 8.04. The van der Waals surface area contributed by atoms with Gasteiger partial charge in [-0.25, -0.2) is 0 Å². The Morgan fingerprint density at radius 2 is 2.29 bits per heavy atom. The number of hydrogen-bond acceptors (Lipinski definition) is 4. The van der Waals surface area contributed by atoms with E-state index in [0.29, 0.717) is 18.7 Å². The van der Waals surface area contributed by atoms with Crippen molar-refractivity contribution in [3.8, 4) is 0 Å². The number of carbonyl (C=O) groups is 1. The van der Waals surface area contributed by atoms with E-state index in [2.05, 4.69) is 5.32 Å². The highest BCUT2D eigenvalue weighted by Gasteiger charge is 2.12. The van der Waals surface area contributed by atoms with E-state index in [1.807, 2.05) is 13.8 Å². The Bertz CT molecular complexity index is 353. The summed E-state index contributed by atoms with van der Waals surface area (Å²) in [6.45, 7) is 4.36. The molecule has 5 heteroatoms. The zero-order valence-electron chi connectivity index (χ0n) is 10.4. The second-order valence-electron chi connectivity index (χ2n) is 4.00. The van der Waals surface area contributed by atoms with Crippen molar-refractivity contribution in [2.24, 2.45) is 0 Å². The Morgan fingerprint density at radius 1 is 1.59 bits per heavy atom. The van der Waals surface area contributed by atoms with Crippen LogP contribution in [-0.2, 0) is 4.74 Å². The molecule has 0 spiro atoms. The largest absolute Gasteiger partial charge is 0.456 e. The summed E-state index contributed by atoms with van der Waals surface area (Å²) < 4.78 is 10.1. The van der Waals surface area contributed by atoms with Crippen LogP contribution in [0, 0.1) is 13.8 Å². The fourth-order valence-electron chi connectivity index (χ4n) is 1.40. The van der Waals surface area contributed by atoms with Gasteiger partial charge in [0.15, 0.2) is 5.76 Å². The van der Waals surface area contributed by atoms with E-state index in [1.165, 1.54) is 7.11 Å². The smallest absolute Gasteiger partial charge is 0.287 e. The molecule has 0 aliphatic carbocycles. The molecule has 96 valence electrons. The van der Waals surface area contributed by atoms with Crippen molar-refractivity contribution in [1.82, 2.24) is 5.32 Å². The molecule has 0 aromatic carbocycles. The molecule has 0 bridgehead atoms. The third-order valence-electron chi connectivity index (χ3n) is 2.51. The average Bonchev–Trinajstić information content (AvgIpc) is 2.59. The molecule has 1 aromatic heterocycles. The van der Waals surface area contributed by atoms with Crippen molar-refractivity contribution in [3.63, 3.8) is 0 Å². The molecule has 2 N–H and O–H groups in total. The van der Waals surface area contributed by atoms with Crippen LogP contribution in [0.3, 0.4) is 0 Å². The van der Waals surface area contributed by atoms with E-state index in [9.17, 15) is 9.90 Å². The zero-order chi connectivity index (χ0) is 12.8. The first-order valence-corrected chi connectivity index (χ1v) is 5.56. The lowest BCUT2D eigenvalue weighted by Crippen LogP contribution is -2.28. The van der Waals surface area contributed by atoms with E-state index in [-0.39, 0.29) is 12.5 Å². The molecule has 0 saturated heterocycles. The van der Waals surface area contributed by atoms with Crippen molar-refractivity contribution in [2.45, 2.75) is 26.4 Å². The molecule has 1 atom stereocenters. The van der Waals surface area contributed by atoms with Gasteiger partial charge in [-0.3, -0.25) is 4.79 Å². The number of hydrogen-bond donors (Lipinski definition) is 2. The second-order valence-corrected chi connectivity index (χ2v) is 4.00. The second kappa shape index (κ2) is 6.42. The molecule has 17 heavy (non-hydrogen) atoms. The highest BCUT2D eigenvalue weighted by molar-refractivity contribution is 5.91. The first kappa shape index (κ1) is 13.7. The van der Waals surface area contributed by atoms with Crippen molar-refractivity contribution in [1.29, 1.82) is 0 Å². The first-order valence-electron chi connectivity index (χ1n) is 5.56. The van der Waals surface area contributed by atoms with Gasteiger partial charge in [0, 0.05) is 13.7 Å². The van der Waals surface area contributed by atoms with E-state index in [0.717, 1.165) is 11.3 Å². The summed E-state index contributed by atoms with van der Waals surface area (Å²) in [6, 6.07) is 1.70. The Labute approximate surface area is 101 Å². The van der Waals surface area contributed by atoms with Gasteiger partial charge < -0.3 is 19.6 Å². The highest BCUT2D eigenvalue weighted by atomic mass is 16.5. The lowest BCUT2D eigenvalue weighted by atomic mass is 10.2. The molecule has 1 unspecified atom stereocenters. The molecule has 0 aliphatic rings. The van der Waals surface area contributed by atoms with Crippen LogP contribution in [0.5, 0.6) is 0 Å². The Hall–Kier alpha value is -1.33. The number of methoxy groups -OCH3 is 1. The fraction of sp³-hybridized carbons (Fsp3) is 0.583. The third-order valence-corrected chi connectivity index (χ3v) is 2.51. The van der Waals surface area contributed by atoms with Gasteiger partial charge in [-0.1, -0.05) is 0 Å². The topological polar surface area (TPSA) is 71.7 Å². The molecule has 0 aliphatic heterocycles. The number of nitrogens with one attached hydrogen (secondary N) is 1. The minimum Gasteiger partial charge on any atom is -0.456 e. The van der Waals surface area contributed by atoms with Gasteiger partial charge >= 0.3 is 0 Å². The van der Waals surface area contributed by atoms with Crippen LogP contribution in [0.2, 0.25) is 0 Å². The number of aliphatic hydroxyl groups excluding tert-OH is 1. The monoisotopic (exact) mass is 241 g/mol. The number of amides is 1. The Morgan fingerprint density at radius 3 is 2.82 bits per heavy atom. The third kappa shape index (κ3) is 4.20. The molecule has 0 saturated carbocycles. The lowest BCUT2D eigenvalue weighted by Gasteiger charge is -2.09.